The quantitative estimate of drug-likeness (QED) is 0.851. The number of nitrogens with zero attached hydrogens (tertiary/aromatic N) is 4. The molecule has 3 rings (SSSR count). The zero-order valence-corrected chi connectivity index (χ0v) is 13.5. The molecule has 2 aliphatic heterocycles. The number of amides is 1. The van der Waals surface area contributed by atoms with Gasteiger partial charge in [0, 0.05) is 50.3 Å². The Hall–Kier alpha value is -1.14. The molecule has 1 aromatic rings. The van der Waals surface area contributed by atoms with Crippen molar-refractivity contribution < 1.29 is 4.79 Å². The van der Waals surface area contributed by atoms with Gasteiger partial charge in [0.15, 0.2) is 5.13 Å². The second-order valence-electron chi connectivity index (χ2n) is 6.03. The van der Waals surface area contributed by atoms with Crippen LogP contribution < -0.4 is 4.90 Å². The minimum absolute atomic E-state index is 0.310. The molecular weight excluding hydrogens is 284 g/mol. The average molecular weight is 308 g/mol. The molecule has 0 saturated carbocycles. The average Bonchev–Trinajstić information content (AvgIpc) is 3.02. The summed E-state index contributed by atoms with van der Waals surface area (Å²) in [6, 6.07) is 0.416. The van der Waals surface area contributed by atoms with E-state index < -0.39 is 0 Å². The van der Waals surface area contributed by atoms with Crippen LogP contribution in [-0.2, 0) is 4.79 Å². The van der Waals surface area contributed by atoms with Gasteiger partial charge in [-0.1, -0.05) is 0 Å². The van der Waals surface area contributed by atoms with Crippen LogP contribution in [-0.4, -0.2) is 66.0 Å². The lowest BCUT2D eigenvalue weighted by atomic mass is 10.1. The monoisotopic (exact) mass is 308 g/mol. The Morgan fingerprint density at radius 3 is 2.76 bits per heavy atom. The molecule has 0 radical (unpaired) electrons. The fourth-order valence-electron chi connectivity index (χ4n) is 3.25. The lowest BCUT2D eigenvalue weighted by Crippen LogP contribution is -2.54. The van der Waals surface area contributed by atoms with E-state index in [4.69, 9.17) is 0 Å². The van der Waals surface area contributed by atoms with Crippen molar-refractivity contribution in [3.8, 4) is 0 Å². The molecular formula is C15H24N4OS. The summed E-state index contributed by atoms with van der Waals surface area (Å²) in [5, 5.41) is 3.12. The van der Waals surface area contributed by atoms with Crippen LogP contribution in [0.25, 0.3) is 0 Å². The molecule has 1 aromatic heterocycles. The third kappa shape index (κ3) is 3.55. The molecule has 0 aromatic carbocycles. The number of anilines is 1. The topological polar surface area (TPSA) is 39.7 Å². The predicted molar refractivity (Wildman–Crippen MR) is 85.8 cm³/mol. The van der Waals surface area contributed by atoms with Gasteiger partial charge in [0.25, 0.3) is 0 Å². The molecule has 0 N–H and O–H groups in total. The summed E-state index contributed by atoms with van der Waals surface area (Å²) < 4.78 is 0. The fraction of sp³-hybridized carbons (Fsp3) is 0.733. The van der Waals surface area contributed by atoms with Crippen LogP contribution >= 0.6 is 11.3 Å². The van der Waals surface area contributed by atoms with Gasteiger partial charge in [0.1, 0.15) is 0 Å². The SMILES string of the molecule is C[C@@H]1CN(CC(=O)N2CCCCC2)CCN1c1nccs1. The molecule has 2 fully saturated rings. The van der Waals surface area contributed by atoms with E-state index in [0.717, 1.165) is 37.9 Å². The molecule has 116 valence electrons. The first-order valence-corrected chi connectivity index (χ1v) is 8.78. The number of hydrogen-bond acceptors (Lipinski definition) is 5. The maximum Gasteiger partial charge on any atom is 0.236 e. The maximum atomic E-state index is 12.3. The van der Waals surface area contributed by atoms with E-state index >= 15 is 0 Å². The molecule has 21 heavy (non-hydrogen) atoms. The van der Waals surface area contributed by atoms with Gasteiger partial charge in [-0.3, -0.25) is 9.69 Å². The zero-order valence-electron chi connectivity index (χ0n) is 12.7. The number of rotatable bonds is 3. The first kappa shape index (κ1) is 14.8. The number of likely N-dealkylation sites (tertiary alicyclic amines) is 1. The normalized spacial score (nSPS) is 24.3. The molecule has 2 saturated heterocycles. The summed E-state index contributed by atoms with van der Waals surface area (Å²) in [5.41, 5.74) is 0. The van der Waals surface area contributed by atoms with Crippen molar-refractivity contribution in [1.82, 2.24) is 14.8 Å². The molecule has 0 aliphatic carbocycles. The van der Waals surface area contributed by atoms with Crippen LogP contribution in [0.2, 0.25) is 0 Å². The van der Waals surface area contributed by atoms with E-state index in [2.05, 4.69) is 21.7 Å². The largest absolute Gasteiger partial charge is 0.343 e. The van der Waals surface area contributed by atoms with Crippen molar-refractivity contribution in [2.45, 2.75) is 32.2 Å². The molecule has 2 aliphatic rings. The van der Waals surface area contributed by atoms with Gasteiger partial charge in [-0.2, -0.15) is 0 Å². The van der Waals surface area contributed by atoms with Gasteiger partial charge < -0.3 is 9.80 Å². The number of hydrogen-bond donors (Lipinski definition) is 0. The van der Waals surface area contributed by atoms with E-state index in [-0.39, 0.29) is 0 Å². The Morgan fingerprint density at radius 1 is 1.29 bits per heavy atom. The van der Waals surface area contributed by atoms with Gasteiger partial charge in [-0.15, -0.1) is 11.3 Å². The van der Waals surface area contributed by atoms with Gasteiger partial charge in [0.05, 0.1) is 6.54 Å². The number of thiazole rings is 1. The number of piperazine rings is 1. The van der Waals surface area contributed by atoms with Crippen LogP contribution in [0.4, 0.5) is 5.13 Å². The third-order valence-corrected chi connectivity index (χ3v) is 5.25. The second-order valence-corrected chi connectivity index (χ2v) is 6.91. The van der Waals surface area contributed by atoms with E-state index in [1.54, 1.807) is 11.3 Å². The Bertz CT molecular complexity index is 458. The summed E-state index contributed by atoms with van der Waals surface area (Å²) >= 11 is 1.69. The van der Waals surface area contributed by atoms with Gasteiger partial charge >= 0.3 is 0 Å². The van der Waals surface area contributed by atoms with Crippen LogP contribution in [0.3, 0.4) is 0 Å². The highest BCUT2D eigenvalue weighted by Crippen LogP contribution is 2.22. The van der Waals surface area contributed by atoms with Gasteiger partial charge in [-0.05, 0) is 26.2 Å². The summed E-state index contributed by atoms with van der Waals surface area (Å²) in [6.07, 6.45) is 5.46. The number of aromatic nitrogens is 1. The first-order chi connectivity index (χ1) is 10.2. The van der Waals surface area contributed by atoms with Gasteiger partial charge in [-0.25, -0.2) is 4.98 Å². The molecule has 1 amide bonds. The lowest BCUT2D eigenvalue weighted by Gasteiger charge is -2.40. The number of piperidine rings is 1. The van der Waals surface area contributed by atoms with E-state index in [0.29, 0.717) is 18.5 Å². The third-order valence-electron chi connectivity index (χ3n) is 4.44. The summed E-state index contributed by atoms with van der Waals surface area (Å²) in [6.45, 7) is 7.56. The Kier molecular flexibility index (Phi) is 4.75. The predicted octanol–water partition coefficient (Wildman–Crippen LogP) is 1.67. The smallest absolute Gasteiger partial charge is 0.236 e. The van der Waals surface area contributed by atoms with Crippen molar-refractivity contribution in [2.24, 2.45) is 0 Å². The summed E-state index contributed by atoms with van der Waals surface area (Å²) in [5.74, 6) is 0.310. The molecule has 5 nitrogen and oxygen atoms in total. The van der Waals surface area contributed by atoms with Crippen molar-refractivity contribution in [2.75, 3.05) is 44.2 Å². The highest BCUT2D eigenvalue weighted by molar-refractivity contribution is 7.13. The van der Waals surface area contributed by atoms with Crippen molar-refractivity contribution in [3.63, 3.8) is 0 Å². The van der Waals surface area contributed by atoms with Crippen LogP contribution in [0.1, 0.15) is 26.2 Å². The van der Waals surface area contributed by atoms with Gasteiger partial charge in [0.2, 0.25) is 5.91 Å². The van der Waals surface area contributed by atoms with Crippen molar-refractivity contribution in [3.05, 3.63) is 11.6 Å². The highest BCUT2D eigenvalue weighted by Gasteiger charge is 2.27. The molecule has 0 bridgehead atoms. The summed E-state index contributed by atoms with van der Waals surface area (Å²) in [4.78, 5) is 23.4. The first-order valence-electron chi connectivity index (χ1n) is 7.90. The minimum atomic E-state index is 0.310. The number of carbonyl (C=O) groups excluding carboxylic acids is 1. The van der Waals surface area contributed by atoms with Crippen LogP contribution in [0.5, 0.6) is 0 Å². The summed E-state index contributed by atoms with van der Waals surface area (Å²) in [7, 11) is 0. The fourth-order valence-corrected chi connectivity index (χ4v) is 4.02. The van der Waals surface area contributed by atoms with E-state index in [1.807, 2.05) is 16.5 Å². The number of carbonyl (C=O) groups is 1. The van der Waals surface area contributed by atoms with E-state index in [9.17, 15) is 4.79 Å². The second kappa shape index (κ2) is 6.75. The minimum Gasteiger partial charge on any atom is -0.343 e. The molecule has 0 unspecified atom stereocenters. The van der Waals surface area contributed by atoms with Crippen molar-refractivity contribution in [1.29, 1.82) is 0 Å². The molecule has 6 heteroatoms. The van der Waals surface area contributed by atoms with Crippen LogP contribution in [0.15, 0.2) is 11.6 Å². The zero-order chi connectivity index (χ0) is 14.7. The Balaban J connectivity index is 1.51. The molecule has 0 spiro atoms. The van der Waals surface area contributed by atoms with Crippen molar-refractivity contribution >= 4 is 22.4 Å². The lowest BCUT2D eigenvalue weighted by molar-refractivity contribution is -0.133. The highest BCUT2D eigenvalue weighted by atomic mass is 32.1. The maximum absolute atomic E-state index is 12.3. The molecule has 3 heterocycles. The standard InChI is InChI=1S/C15H24N4OS/c1-13-11-17(8-9-19(13)15-16-5-10-21-15)12-14(20)18-6-3-2-4-7-18/h5,10,13H,2-4,6-9,11-12H2,1H3/t13-/m1/s1. The van der Waals surface area contributed by atoms with Crippen LogP contribution in [0, 0.1) is 0 Å². The van der Waals surface area contributed by atoms with E-state index in [1.165, 1.54) is 19.3 Å². The Labute approximate surface area is 130 Å². The Morgan fingerprint density at radius 2 is 2.10 bits per heavy atom. The molecule has 1 atom stereocenters.